The van der Waals surface area contributed by atoms with E-state index in [9.17, 15) is 57.5 Å². The molecule has 0 unspecified atom stereocenters. The molecule has 0 saturated carbocycles. The van der Waals surface area contributed by atoms with Crippen LogP contribution in [-0.4, -0.2) is 166 Å². The number of hydrogen-bond acceptors (Lipinski definition) is 16. The normalized spacial score (nSPS) is 10.5. The van der Waals surface area contributed by atoms with E-state index in [1.165, 1.54) is 43.9 Å². The van der Waals surface area contributed by atoms with E-state index in [0.717, 1.165) is 47.9 Å². The average Bonchev–Trinajstić information content (AvgIpc) is 0.822. The minimum Gasteiger partial charge on any atom is -0.351 e. The van der Waals surface area contributed by atoms with Crippen LogP contribution in [0, 0.1) is 27.7 Å². The molecule has 4 heterocycles. The van der Waals surface area contributed by atoms with E-state index in [0.29, 0.717) is 22.8 Å². The maximum atomic E-state index is 12.6. The Hall–Kier alpha value is -11.1. The van der Waals surface area contributed by atoms with Crippen molar-refractivity contribution in [3.05, 3.63) is 159 Å². The maximum absolute atomic E-state index is 12.6. The molecule has 2 aromatic carbocycles. The highest BCUT2D eigenvalue weighted by atomic mass is 16.2. The largest absolute Gasteiger partial charge is 0.351 e. The van der Waals surface area contributed by atoms with Gasteiger partial charge in [0.05, 0.1) is 22.2 Å². The molecule has 6 rings (SSSR count). The quantitative estimate of drug-likeness (QED) is 0.0610. The monoisotopic (exact) mass is 1280 g/mol. The number of amides is 12. The van der Waals surface area contributed by atoms with Crippen LogP contribution < -0.4 is 64.8 Å². The summed E-state index contributed by atoms with van der Waals surface area (Å²) >= 11 is 0. The van der Waals surface area contributed by atoms with Gasteiger partial charge in [0.1, 0.15) is 0 Å². The topological polar surface area (TPSA) is 429 Å². The lowest BCUT2D eigenvalue weighted by Gasteiger charge is -2.31. The van der Waals surface area contributed by atoms with Crippen molar-refractivity contribution in [3.63, 3.8) is 0 Å². The molecule has 12 N–H and O–H groups in total. The zero-order valence-corrected chi connectivity index (χ0v) is 55.7. The van der Waals surface area contributed by atoms with Gasteiger partial charge >= 0.3 is 24.1 Å². The number of anilines is 4. The Morgan fingerprint density at radius 2 is 0.511 bits per heavy atom. The fourth-order valence-electron chi connectivity index (χ4n) is 7.13. The smallest absolute Gasteiger partial charge is 0.322 e. The molecule has 6 aromatic rings. The van der Waals surface area contributed by atoms with Crippen molar-refractivity contribution in [3.8, 4) is 0 Å². The summed E-state index contributed by atoms with van der Waals surface area (Å²) in [5.74, 6) is 0.177. The van der Waals surface area contributed by atoms with Crippen molar-refractivity contribution >= 4 is 73.6 Å². The van der Waals surface area contributed by atoms with Crippen molar-refractivity contribution in [2.45, 2.75) is 105 Å². The van der Waals surface area contributed by atoms with Gasteiger partial charge in [-0.2, -0.15) is 0 Å². The van der Waals surface area contributed by atoms with E-state index >= 15 is 0 Å². The second-order valence-electron chi connectivity index (χ2n) is 23.2. The minimum atomic E-state index is -0.812. The molecule has 0 atom stereocenters. The number of aromatic amines is 4. The second kappa shape index (κ2) is 36.4. The number of carbonyl (C=O) groups excluding carboxylic acids is 8. The van der Waals surface area contributed by atoms with Gasteiger partial charge in [-0.25, -0.2) is 39.1 Å². The summed E-state index contributed by atoms with van der Waals surface area (Å²) in [6.07, 6.45) is 3.00. The van der Waals surface area contributed by atoms with Gasteiger partial charge in [0.15, 0.2) is 0 Å². The van der Waals surface area contributed by atoms with E-state index in [-0.39, 0.29) is 46.0 Å². The van der Waals surface area contributed by atoms with Gasteiger partial charge in [-0.3, -0.25) is 79.6 Å². The number of hydrogen-bond donors (Lipinski definition) is 12. The number of benzene rings is 2. The van der Waals surface area contributed by atoms with Gasteiger partial charge in [-0.1, -0.05) is 48.5 Å². The Kier molecular flexibility index (Phi) is 31.2. The van der Waals surface area contributed by atoms with Gasteiger partial charge in [0.2, 0.25) is 49.4 Å². The maximum Gasteiger partial charge on any atom is 0.322 e. The highest BCUT2D eigenvalue weighted by Gasteiger charge is 2.30. The Morgan fingerprint density at radius 3 is 0.652 bits per heavy atom. The number of urea groups is 4. The number of H-pyrrole nitrogens is 4. The third-order valence-corrected chi connectivity index (χ3v) is 11.6. The number of rotatable bonds is 16. The van der Waals surface area contributed by atoms with Crippen molar-refractivity contribution in [2.75, 3.05) is 77.6 Å². The number of aromatic nitrogens is 8. The molecule has 0 aliphatic carbocycles. The summed E-state index contributed by atoms with van der Waals surface area (Å²) in [7, 11) is 13.5. The number of nitrogens with zero attached hydrogens (tertiary/aromatic N) is 8. The molecule has 0 aliphatic rings. The first-order valence-corrected chi connectivity index (χ1v) is 27.9. The predicted molar refractivity (Wildman–Crippen MR) is 351 cm³/mol. The summed E-state index contributed by atoms with van der Waals surface area (Å²) in [5, 5.41) is 21.6. The van der Waals surface area contributed by atoms with E-state index < -0.39 is 46.3 Å². The molecule has 0 aliphatic heterocycles. The van der Waals surface area contributed by atoms with Gasteiger partial charge in [0, 0.05) is 103 Å². The van der Waals surface area contributed by atoms with Crippen LogP contribution in [0.1, 0.15) is 100 Å². The highest BCUT2D eigenvalue weighted by Crippen LogP contribution is 2.28. The van der Waals surface area contributed by atoms with Crippen LogP contribution in [-0.2, 0) is 41.3 Å². The van der Waals surface area contributed by atoms with Crippen LogP contribution in [0.25, 0.3) is 0 Å². The highest BCUT2D eigenvalue weighted by molar-refractivity contribution is 5.90. The third-order valence-electron chi connectivity index (χ3n) is 11.6. The van der Waals surface area contributed by atoms with Crippen LogP contribution in [0.3, 0.4) is 0 Å². The van der Waals surface area contributed by atoms with E-state index in [4.69, 9.17) is 0 Å². The summed E-state index contributed by atoms with van der Waals surface area (Å²) < 4.78 is 0. The van der Waals surface area contributed by atoms with Crippen molar-refractivity contribution in [1.82, 2.24) is 80.7 Å². The van der Waals surface area contributed by atoms with Crippen LogP contribution in [0.2, 0.25) is 0 Å². The van der Waals surface area contributed by atoms with Gasteiger partial charge in [-0.05, 0) is 105 Å². The lowest BCUT2D eigenvalue weighted by molar-refractivity contribution is -0.116. The van der Waals surface area contributed by atoms with Gasteiger partial charge < -0.3 is 40.9 Å². The predicted octanol–water partition coefficient (Wildman–Crippen LogP) is 3.98. The van der Waals surface area contributed by atoms with Crippen LogP contribution in [0.4, 0.5) is 43.0 Å². The molecule has 0 fully saturated rings. The molecule has 0 spiro atoms. The van der Waals surface area contributed by atoms with Crippen molar-refractivity contribution < 1.29 is 38.4 Å². The summed E-state index contributed by atoms with van der Waals surface area (Å²) in [5.41, 5.74) is 0.301. The Bertz CT molecular complexity index is 3230. The average molecular weight is 1280 g/mol. The molecule has 12 amide bonds. The molecular weight excluding hydrogens is 1190 g/mol. The number of carbonyl (C=O) groups is 8. The number of aryl methyl sites for hydroxylation is 4. The zero-order chi connectivity index (χ0) is 70.5. The Morgan fingerprint density at radius 1 is 0.348 bits per heavy atom. The van der Waals surface area contributed by atoms with E-state index in [2.05, 4.69) is 82.4 Å². The molecule has 32 heteroatoms. The molecule has 0 radical (unpaired) electrons. The molecule has 0 bridgehead atoms. The first kappa shape index (κ1) is 78.9. The van der Waals surface area contributed by atoms with E-state index in [1.54, 1.807) is 84.1 Å². The van der Waals surface area contributed by atoms with Crippen molar-refractivity contribution in [2.24, 2.45) is 0 Å². The second-order valence-corrected chi connectivity index (χ2v) is 23.2. The standard InChI is InChI=1S/2C24H30N8O4.4C3H7NO/c2*1-13-10-17(33)27-19(25-13)29-21(35)31-23(3,4)15-8-7-9-16(12-15)24(5,6)32-22(36)30-20-26-14(2)11-18(34)28-20;4*1-4(2)3-5/h2*7-12H,1-6H3,(H3,25,27,29,31,33,35)(H3,26,28,30,32,34,36);4*3H,1-2H3. The van der Waals surface area contributed by atoms with Crippen LogP contribution in [0.15, 0.2) is 92.0 Å². The molecular formula is C60H88N20O12. The third kappa shape index (κ3) is 30.7. The fraction of sp³-hybridized carbons (Fsp3) is 0.400. The Balaban J connectivity index is 0.000000709. The zero-order valence-electron chi connectivity index (χ0n) is 55.7. The van der Waals surface area contributed by atoms with Crippen LogP contribution in [0.5, 0.6) is 0 Å². The lowest BCUT2D eigenvalue weighted by Crippen LogP contribution is -2.45. The fourth-order valence-corrected chi connectivity index (χ4v) is 7.13. The minimum absolute atomic E-state index is 0.0443. The SMILES string of the molecule is CN(C)C=O.CN(C)C=O.CN(C)C=O.CN(C)C=O.Cc1cc(=O)[nH]c(NC(=O)NC(C)(C)c2cccc(C(C)(C)NC(=O)Nc3nc(C)cc(=O)[nH]3)c2)n1.Cc1cc(=O)[nH]c(NC(=O)NC(C)(C)c2cccc(C(C)(C)NC(=O)Nc3nc(C)cc(=O)[nH]3)c2)n1. The van der Waals surface area contributed by atoms with E-state index in [1.807, 2.05) is 104 Å². The number of nitrogens with one attached hydrogen (secondary N) is 12. The molecule has 500 valence electrons. The summed E-state index contributed by atoms with van der Waals surface area (Å²) in [6.45, 7) is 21.2. The van der Waals surface area contributed by atoms with Gasteiger partial charge in [0.25, 0.3) is 22.2 Å². The molecule has 32 nitrogen and oxygen atoms in total. The van der Waals surface area contributed by atoms with Crippen molar-refractivity contribution in [1.29, 1.82) is 0 Å². The molecule has 0 saturated heterocycles. The Labute approximate surface area is 533 Å². The van der Waals surface area contributed by atoms with Crippen LogP contribution >= 0.6 is 0 Å². The lowest BCUT2D eigenvalue weighted by atomic mass is 9.87. The molecule has 92 heavy (non-hydrogen) atoms. The summed E-state index contributed by atoms with van der Waals surface area (Å²) in [6, 6.07) is 17.9. The summed E-state index contributed by atoms with van der Waals surface area (Å²) in [4.78, 5) is 167. The van der Waals surface area contributed by atoms with Gasteiger partial charge in [-0.15, -0.1) is 0 Å². The first-order valence-electron chi connectivity index (χ1n) is 27.9. The molecule has 4 aromatic heterocycles. The first-order chi connectivity index (χ1) is 42.5.